The summed E-state index contributed by atoms with van der Waals surface area (Å²) in [5, 5.41) is 11.4. The number of thiazole rings is 1. The maximum atomic E-state index is 14.2. The number of hydrogen-bond donors (Lipinski definition) is 2. The monoisotopic (exact) mass is 863 g/mol. The summed E-state index contributed by atoms with van der Waals surface area (Å²) in [4.78, 5) is 65.9. The minimum Gasteiger partial charge on any atom is -0.448 e. The van der Waals surface area contributed by atoms with Gasteiger partial charge in [-0.05, 0) is 40.3 Å². The van der Waals surface area contributed by atoms with Crippen LogP contribution in [-0.2, 0) is 45.1 Å². The van der Waals surface area contributed by atoms with Crippen molar-refractivity contribution in [1.29, 1.82) is 0 Å². The van der Waals surface area contributed by atoms with E-state index in [1.54, 1.807) is 5.38 Å². The number of nitrogens with one attached hydrogen (secondary N) is 2. The molecule has 1 saturated heterocycles. The Morgan fingerprint density at radius 2 is 1.32 bits per heavy atom. The Morgan fingerprint density at radius 3 is 1.81 bits per heavy atom. The average Bonchev–Trinajstić information content (AvgIpc) is 3.77. The van der Waals surface area contributed by atoms with Crippen molar-refractivity contribution in [2.75, 3.05) is 18.2 Å². The number of hydrogen-bond acceptors (Lipinski definition) is 11. The maximum Gasteiger partial charge on any atom is 0.356 e. The van der Waals surface area contributed by atoms with Crippen molar-refractivity contribution in [2.24, 2.45) is 5.16 Å². The van der Waals surface area contributed by atoms with Crippen molar-refractivity contribution in [1.82, 2.24) is 15.2 Å². The highest BCUT2D eigenvalue weighted by Crippen LogP contribution is 2.41. The summed E-state index contributed by atoms with van der Waals surface area (Å²) in [6.07, 6.45) is -1.06. The van der Waals surface area contributed by atoms with E-state index in [2.05, 4.69) is 15.8 Å². The van der Waals surface area contributed by atoms with Crippen molar-refractivity contribution in [3.05, 3.63) is 202 Å². The van der Waals surface area contributed by atoms with E-state index in [1.807, 2.05) is 152 Å². The summed E-state index contributed by atoms with van der Waals surface area (Å²) in [6, 6.07) is 46.9. The fourth-order valence-corrected chi connectivity index (χ4v) is 10.3. The molecule has 2 N–H and O–H groups in total. The minimum atomic E-state index is -1.81. The minimum absolute atomic E-state index is 0.156. The van der Waals surface area contributed by atoms with Gasteiger partial charge in [-0.3, -0.25) is 23.5 Å². The standard InChI is InChI=1S/C48H41N5O7S2/c1-31(54)28-34-30-62(58)45-40(44(56)53(45)41(34)46(57)60-42(32-18-8-3-9-19-32)33-20-10-4-11-21-33)50-43(55)39(52-59-2)38-29-61-47(49-38)51-48(35-22-12-5-13-23-35,36-24-14-6-15-25-36)37-26-16-7-17-27-37/h3-27,29,40,42,45H,28,30H2,1-2H3,(H,49,51)(H,50,55). The number of esters is 1. The first-order chi connectivity index (χ1) is 30.2. The summed E-state index contributed by atoms with van der Waals surface area (Å²) in [5.74, 6) is -2.84. The Hall–Kier alpha value is -7.03. The lowest BCUT2D eigenvalue weighted by Crippen LogP contribution is -2.74. The molecule has 0 spiro atoms. The number of carbonyl (C=O) groups excluding carboxylic acids is 4. The number of rotatable bonds is 15. The molecule has 62 heavy (non-hydrogen) atoms. The van der Waals surface area contributed by atoms with Gasteiger partial charge < -0.3 is 20.2 Å². The first-order valence-corrected chi connectivity index (χ1v) is 22.0. The zero-order valence-electron chi connectivity index (χ0n) is 33.7. The van der Waals surface area contributed by atoms with Crippen LogP contribution in [0.15, 0.2) is 173 Å². The highest BCUT2D eigenvalue weighted by atomic mass is 32.2. The van der Waals surface area contributed by atoms with Crippen LogP contribution in [0.25, 0.3) is 0 Å². The molecule has 14 heteroatoms. The van der Waals surface area contributed by atoms with E-state index in [1.165, 1.54) is 25.4 Å². The molecule has 0 saturated carbocycles. The third kappa shape index (κ3) is 8.21. The van der Waals surface area contributed by atoms with E-state index in [0.29, 0.717) is 16.3 Å². The van der Waals surface area contributed by atoms with Gasteiger partial charge in [-0.25, -0.2) is 9.78 Å². The molecular weight excluding hydrogens is 823 g/mol. The Morgan fingerprint density at radius 1 is 0.823 bits per heavy atom. The first-order valence-electron chi connectivity index (χ1n) is 19.7. The number of oxime groups is 1. The third-order valence-electron chi connectivity index (χ3n) is 10.6. The van der Waals surface area contributed by atoms with Gasteiger partial charge in [0.1, 0.15) is 41.2 Å². The third-order valence-corrected chi connectivity index (χ3v) is 13.0. The number of carbonyl (C=O) groups is 4. The van der Waals surface area contributed by atoms with Gasteiger partial charge in [-0.1, -0.05) is 157 Å². The highest BCUT2D eigenvalue weighted by Gasteiger charge is 2.58. The van der Waals surface area contributed by atoms with E-state index in [4.69, 9.17) is 14.6 Å². The van der Waals surface area contributed by atoms with E-state index >= 15 is 0 Å². The molecule has 6 aromatic rings. The maximum absolute atomic E-state index is 14.2. The topological polar surface area (TPSA) is 156 Å². The Balaban J connectivity index is 1.07. The second-order valence-corrected chi connectivity index (χ2v) is 17.0. The molecule has 5 aromatic carbocycles. The van der Waals surface area contributed by atoms with Crippen LogP contribution < -0.4 is 10.6 Å². The molecule has 1 fully saturated rings. The van der Waals surface area contributed by atoms with Gasteiger partial charge >= 0.3 is 5.97 Å². The van der Waals surface area contributed by atoms with Gasteiger partial charge in [0, 0.05) is 17.6 Å². The fraction of sp³-hybridized carbons (Fsp3) is 0.167. The molecule has 312 valence electrons. The first kappa shape index (κ1) is 41.7. The van der Waals surface area contributed by atoms with Crippen LogP contribution in [0.5, 0.6) is 0 Å². The molecule has 2 aliphatic heterocycles. The molecular formula is C48H41N5O7S2. The summed E-state index contributed by atoms with van der Waals surface area (Å²) in [7, 11) is -0.524. The molecule has 12 nitrogen and oxygen atoms in total. The number of nitrogens with zero attached hydrogens (tertiary/aromatic N) is 3. The summed E-state index contributed by atoms with van der Waals surface area (Å²) in [5.41, 5.74) is 3.32. The van der Waals surface area contributed by atoms with E-state index in [9.17, 15) is 23.4 Å². The molecule has 0 bridgehead atoms. The lowest BCUT2D eigenvalue weighted by molar-refractivity contribution is -0.154. The van der Waals surface area contributed by atoms with E-state index in [-0.39, 0.29) is 40.6 Å². The van der Waals surface area contributed by atoms with Gasteiger partial charge in [-0.15, -0.1) is 11.3 Å². The molecule has 1 aromatic heterocycles. The predicted octanol–water partition coefficient (Wildman–Crippen LogP) is 6.88. The zero-order chi connectivity index (χ0) is 43.2. The van der Waals surface area contributed by atoms with Crippen LogP contribution >= 0.6 is 11.3 Å². The molecule has 0 aliphatic carbocycles. The number of amides is 2. The number of aromatic nitrogens is 1. The van der Waals surface area contributed by atoms with Crippen molar-refractivity contribution in [3.63, 3.8) is 0 Å². The van der Waals surface area contributed by atoms with Crippen LogP contribution in [0.3, 0.4) is 0 Å². The van der Waals surface area contributed by atoms with Gasteiger partial charge in [0.2, 0.25) is 0 Å². The molecule has 3 unspecified atom stereocenters. The Bertz CT molecular complexity index is 2540. The number of Topliss-reactive ketones (excluding diaryl/α,β-unsaturated/α-hetero) is 1. The van der Waals surface area contributed by atoms with Crippen molar-refractivity contribution in [2.45, 2.75) is 36.4 Å². The van der Waals surface area contributed by atoms with E-state index in [0.717, 1.165) is 21.6 Å². The normalized spacial score (nSPS) is 17.5. The number of fused-ring (bicyclic) bond motifs is 1. The second kappa shape index (κ2) is 18.3. The number of benzene rings is 5. The number of ketones is 1. The SMILES string of the molecule is CON=C(C(=O)NC1C(=O)N2C(C(=O)OC(c3ccccc3)c3ccccc3)=C(CC(C)=O)CS(=O)C12)c1csc(NC(c2ccccc2)(c2ccccc2)c2ccccc2)n1. The van der Waals surface area contributed by atoms with Crippen LogP contribution in [-0.4, -0.2) is 67.6 Å². The van der Waals surface area contributed by atoms with Gasteiger partial charge in [0.25, 0.3) is 11.8 Å². The molecule has 2 amide bonds. The smallest absolute Gasteiger partial charge is 0.356 e. The molecule has 3 atom stereocenters. The number of ether oxygens (including phenoxy) is 1. The van der Waals surface area contributed by atoms with Crippen LogP contribution in [0, 0.1) is 0 Å². The highest BCUT2D eigenvalue weighted by molar-refractivity contribution is 7.86. The summed E-state index contributed by atoms with van der Waals surface area (Å²) < 4.78 is 20.0. The lowest BCUT2D eigenvalue weighted by atomic mass is 9.77. The largest absolute Gasteiger partial charge is 0.448 e. The molecule has 3 heterocycles. The summed E-state index contributed by atoms with van der Waals surface area (Å²) >= 11 is 1.25. The average molecular weight is 864 g/mol. The summed E-state index contributed by atoms with van der Waals surface area (Å²) in [6.45, 7) is 1.35. The zero-order valence-corrected chi connectivity index (χ0v) is 35.3. The lowest BCUT2D eigenvalue weighted by Gasteiger charge is -2.49. The number of anilines is 1. The quantitative estimate of drug-likeness (QED) is 0.0370. The van der Waals surface area contributed by atoms with Crippen LogP contribution in [0.1, 0.15) is 53.0 Å². The fourth-order valence-electron chi connectivity index (χ4n) is 7.91. The second-order valence-electron chi connectivity index (χ2n) is 14.6. The van der Waals surface area contributed by atoms with Crippen LogP contribution in [0.2, 0.25) is 0 Å². The Kier molecular flexibility index (Phi) is 12.3. The molecule has 0 radical (unpaired) electrons. The van der Waals surface area contributed by atoms with Gasteiger partial charge in [0.05, 0.1) is 10.8 Å². The Labute approximate surface area is 364 Å². The van der Waals surface area contributed by atoms with Crippen molar-refractivity contribution < 1.29 is 33.0 Å². The van der Waals surface area contributed by atoms with Gasteiger partial charge in [-0.2, -0.15) is 0 Å². The molecule has 2 aliphatic rings. The van der Waals surface area contributed by atoms with Crippen LogP contribution in [0.4, 0.5) is 5.13 Å². The van der Waals surface area contributed by atoms with Gasteiger partial charge in [0.15, 0.2) is 16.9 Å². The predicted molar refractivity (Wildman–Crippen MR) is 237 cm³/mol. The van der Waals surface area contributed by atoms with Crippen molar-refractivity contribution in [3.8, 4) is 0 Å². The molecule has 8 rings (SSSR count). The van der Waals surface area contributed by atoms with Crippen molar-refractivity contribution >= 4 is 56.5 Å². The number of β-lactam (4-membered cyclic amide) rings is 1. The van der Waals surface area contributed by atoms with E-state index < -0.39 is 51.6 Å².